The van der Waals surface area contributed by atoms with Crippen LogP contribution in [-0.4, -0.2) is 67.3 Å². The second-order valence-corrected chi connectivity index (χ2v) is 12.8. The second kappa shape index (κ2) is 9.43. The number of pyridine rings is 2. The average Bonchev–Trinajstić information content (AvgIpc) is 3.51. The zero-order chi connectivity index (χ0) is 26.4. The number of aryl methyl sites for hydroxylation is 1. The zero-order valence-corrected chi connectivity index (χ0v) is 22.4. The number of carbonyl (C=O) groups excluding carboxylic acids is 1. The number of nitrogens with one attached hydrogen (secondary N) is 1. The Bertz CT molecular complexity index is 1280. The third kappa shape index (κ3) is 5.52. The number of β-amino-alcohol motifs (C(OH)–C–C–N with tert-alkyl or cyclic N) is 1. The van der Waals surface area contributed by atoms with E-state index in [0.717, 1.165) is 31.6 Å². The van der Waals surface area contributed by atoms with Crippen LogP contribution in [0.3, 0.4) is 0 Å². The highest BCUT2D eigenvalue weighted by Crippen LogP contribution is 2.44. The quantitative estimate of drug-likeness (QED) is 0.556. The molecule has 37 heavy (non-hydrogen) atoms. The lowest BCUT2D eigenvalue weighted by Gasteiger charge is -2.38. The molecule has 3 aliphatic rings. The fourth-order valence-corrected chi connectivity index (χ4v) is 5.81. The van der Waals surface area contributed by atoms with Gasteiger partial charge in [-0.3, -0.25) is 4.79 Å². The van der Waals surface area contributed by atoms with E-state index in [-0.39, 0.29) is 10.4 Å². The van der Waals surface area contributed by atoms with Crippen LogP contribution in [0, 0.1) is 12.3 Å². The van der Waals surface area contributed by atoms with E-state index >= 15 is 0 Å². The Balaban J connectivity index is 1.32. The average molecular weight is 530 g/mol. The lowest BCUT2D eigenvalue weighted by Crippen LogP contribution is -2.44. The number of aromatic nitrogens is 2. The molecule has 1 unspecified atom stereocenters. The summed E-state index contributed by atoms with van der Waals surface area (Å²) in [5, 5.41) is 9.56. The van der Waals surface area contributed by atoms with Crippen LogP contribution < -0.4 is 19.3 Å². The topological polar surface area (TPSA) is 125 Å². The minimum Gasteiger partial charge on any atom is -0.474 e. The predicted octanol–water partition coefficient (Wildman–Crippen LogP) is 2.40. The van der Waals surface area contributed by atoms with Crippen molar-refractivity contribution < 1.29 is 23.1 Å². The lowest BCUT2D eigenvalue weighted by atomic mass is 9.83. The van der Waals surface area contributed by atoms with Gasteiger partial charge < -0.3 is 19.6 Å². The molecule has 200 valence electrons. The molecule has 1 aliphatic carbocycles. The van der Waals surface area contributed by atoms with Gasteiger partial charge in [0.25, 0.3) is 15.9 Å². The Hall–Kier alpha value is -2.92. The molecule has 1 atom stereocenters. The van der Waals surface area contributed by atoms with E-state index in [2.05, 4.69) is 28.5 Å². The van der Waals surface area contributed by atoms with E-state index in [9.17, 15) is 18.3 Å². The predicted molar refractivity (Wildman–Crippen MR) is 139 cm³/mol. The molecular weight excluding hydrogens is 494 g/mol. The maximum absolute atomic E-state index is 13.2. The van der Waals surface area contributed by atoms with Crippen molar-refractivity contribution in [3.63, 3.8) is 0 Å². The number of amides is 1. The highest BCUT2D eigenvalue weighted by atomic mass is 32.2. The smallest absolute Gasteiger partial charge is 0.281 e. The van der Waals surface area contributed by atoms with E-state index in [1.165, 1.54) is 6.07 Å². The highest BCUT2D eigenvalue weighted by Gasteiger charge is 2.55. The van der Waals surface area contributed by atoms with Gasteiger partial charge >= 0.3 is 0 Å². The summed E-state index contributed by atoms with van der Waals surface area (Å²) in [5.41, 5.74) is -0.141. The molecule has 0 spiro atoms. The summed E-state index contributed by atoms with van der Waals surface area (Å²) < 4.78 is 34.6. The summed E-state index contributed by atoms with van der Waals surface area (Å²) >= 11 is 0. The Kier molecular flexibility index (Phi) is 6.56. The van der Waals surface area contributed by atoms with Gasteiger partial charge in [-0.25, -0.2) is 14.7 Å². The fourth-order valence-electron chi connectivity index (χ4n) is 4.81. The van der Waals surface area contributed by atoms with Crippen molar-refractivity contribution in [2.75, 3.05) is 36.0 Å². The van der Waals surface area contributed by atoms with Gasteiger partial charge in [-0.1, -0.05) is 19.9 Å². The standard InChI is InChI=1S/C26H35N5O5S/c1-18-7-8-20(23(27-18)30-15-12-25(2,3)13-16-30)36-26(10-11-26)24(33)29-37(34,35)22-6-4-5-21(28-22)31-14-9-19(32)17-31/h4-8,19,32H,9-17H2,1-3H3,(H,29,33). The SMILES string of the molecule is Cc1ccc(OC2(C(=O)NS(=O)(=O)c3cccc(N4CCC(O)C4)n3)CC2)c(N2CCC(C)(C)CC2)n1. The molecule has 1 saturated carbocycles. The number of aliphatic hydroxyl groups excluding tert-OH is 1. The number of anilines is 2. The molecule has 10 nitrogen and oxygen atoms in total. The number of piperidine rings is 1. The first-order valence-corrected chi connectivity index (χ1v) is 14.3. The van der Waals surface area contributed by atoms with Crippen LogP contribution in [0.2, 0.25) is 0 Å². The molecule has 5 rings (SSSR count). The van der Waals surface area contributed by atoms with E-state index in [1.54, 1.807) is 12.1 Å². The summed E-state index contributed by atoms with van der Waals surface area (Å²) in [7, 11) is -4.22. The number of aliphatic hydroxyl groups is 1. The molecule has 2 saturated heterocycles. The normalized spacial score (nSPS) is 22.5. The van der Waals surface area contributed by atoms with Gasteiger partial charge in [0.05, 0.1) is 6.10 Å². The number of hydrogen-bond donors (Lipinski definition) is 2. The third-order valence-electron chi connectivity index (χ3n) is 7.52. The van der Waals surface area contributed by atoms with Crippen molar-refractivity contribution in [1.82, 2.24) is 14.7 Å². The number of carbonyl (C=O) groups is 1. The molecule has 1 amide bonds. The molecule has 2 aromatic rings. The maximum atomic E-state index is 13.2. The largest absolute Gasteiger partial charge is 0.474 e. The monoisotopic (exact) mass is 529 g/mol. The van der Waals surface area contributed by atoms with Crippen LogP contribution in [0.1, 0.15) is 51.6 Å². The van der Waals surface area contributed by atoms with Crippen molar-refractivity contribution >= 4 is 27.6 Å². The minimum absolute atomic E-state index is 0.246. The Morgan fingerprint density at radius 2 is 1.78 bits per heavy atom. The van der Waals surface area contributed by atoms with Gasteiger partial charge in [0.15, 0.2) is 22.2 Å². The molecule has 2 aliphatic heterocycles. The molecule has 3 fully saturated rings. The Labute approximate surface area is 218 Å². The van der Waals surface area contributed by atoms with Crippen LogP contribution in [0.25, 0.3) is 0 Å². The van der Waals surface area contributed by atoms with Gasteiger partial charge in [0.2, 0.25) is 0 Å². The molecular formula is C26H35N5O5S. The van der Waals surface area contributed by atoms with E-state index in [0.29, 0.717) is 49.7 Å². The van der Waals surface area contributed by atoms with Crippen molar-refractivity contribution in [3.8, 4) is 5.75 Å². The summed E-state index contributed by atoms with van der Waals surface area (Å²) in [6.07, 6.45) is 3.00. The van der Waals surface area contributed by atoms with Crippen molar-refractivity contribution in [2.24, 2.45) is 5.41 Å². The van der Waals surface area contributed by atoms with Gasteiger partial charge in [0, 0.05) is 44.7 Å². The number of sulfonamides is 1. The van der Waals surface area contributed by atoms with Gasteiger partial charge in [-0.05, 0) is 55.9 Å². The molecule has 2 N–H and O–H groups in total. The lowest BCUT2D eigenvalue weighted by molar-refractivity contribution is -0.127. The third-order valence-corrected chi connectivity index (χ3v) is 8.75. The Morgan fingerprint density at radius 1 is 1.05 bits per heavy atom. The van der Waals surface area contributed by atoms with Gasteiger partial charge in [0.1, 0.15) is 5.82 Å². The van der Waals surface area contributed by atoms with Crippen molar-refractivity contribution in [2.45, 2.75) is 69.6 Å². The number of ether oxygens (including phenoxy) is 1. The summed E-state index contributed by atoms with van der Waals surface area (Å²) in [4.78, 5) is 26.2. The molecule has 0 radical (unpaired) electrons. The summed E-state index contributed by atoms with van der Waals surface area (Å²) in [5.74, 6) is 0.926. The van der Waals surface area contributed by atoms with Crippen molar-refractivity contribution in [3.05, 3.63) is 36.0 Å². The van der Waals surface area contributed by atoms with E-state index < -0.39 is 27.6 Å². The Morgan fingerprint density at radius 3 is 2.43 bits per heavy atom. The fraction of sp³-hybridized carbons (Fsp3) is 0.577. The van der Waals surface area contributed by atoms with E-state index in [4.69, 9.17) is 9.72 Å². The van der Waals surface area contributed by atoms with Crippen LogP contribution in [0.4, 0.5) is 11.6 Å². The zero-order valence-electron chi connectivity index (χ0n) is 21.6. The van der Waals surface area contributed by atoms with E-state index in [1.807, 2.05) is 24.0 Å². The highest BCUT2D eigenvalue weighted by molar-refractivity contribution is 7.90. The molecule has 2 aromatic heterocycles. The summed E-state index contributed by atoms with van der Waals surface area (Å²) in [6.45, 7) is 9.08. The van der Waals surface area contributed by atoms with Crippen molar-refractivity contribution in [1.29, 1.82) is 0 Å². The molecule has 11 heteroatoms. The van der Waals surface area contributed by atoms with Crippen LogP contribution in [-0.2, 0) is 14.8 Å². The number of hydrogen-bond acceptors (Lipinski definition) is 9. The van der Waals surface area contributed by atoms with Crippen LogP contribution in [0.5, 0.6) is 5.75 Å². The first-order chi connectivity index (χ1) is 17.5. The first-order valence-electron chi connectivity index (χ1n) is 12.9. The maximum Gasteiger partial charge on any atom is 0.281 e. The van der Waals surface area contributed by atoms with Gasteiger partial charge in [-0.15, -0.1) is 0 Å². The van der Waals surface area contributed by atoms with Crippen LogP contribution in [0.15, 0.2) is 35.4 Å². The molecule has 0 aromatic carbocycles. The number of rotatable bonds is 7. The molecule has 4 heterocycles. The van der Waals surface area contributed by atoms with Crippen LogP contribution >= 0.6 is 0 Å². The first kappa shape index (κ1) is 25.7. The summed E-state index contributed by atoms with van der Waals surface area (Å²) in [6, 6.07) is 8.28. The minimum atomic E-state index is -4.22. The van der Waals surface area contributed by atoms with Gasteiger partial charge in [-0.2, -0.15) is 8.42 Å². The number of nitrogens with zero attached hydrogens (tertiary/aromatic N) is 4. The second-order valence-electron chi connectivity index (χ2n) is 11.2. The molecule has 0 bridgehead atoms.